The van der Waals surface area contributed by atoms with Gasteiger partial charge in [-0.05, 0) is 43.3 Å². The Balaban J connectivity index is 2.06. The molecule has 0 bridgehead atoms. The van der Waals surface area contributed by atoms with Crippen molar-refractivity contribution >= 4 is 11.6 Å². The Morgan fingerprint density at radius 3 is 2.63 bits per heavy atom. The third kappa shape index (κ3) is 3.51. The van der Waals surface area contributed by atoms with Crippen LogP contribution in [0.25, 0.3) is 0 Å². The summed E-state index contributed by atoms with van der Waals surface area (Å²) in [5.41, 5.74) is 0.633. The lowest BCUT2D eigenvalue weighted by Crippen LogP contribution is -2.14. The molecule has 0 unspecified atom stereocenters. The predicted octanol–water partition coefficient (Wildman–Crippen LogP) is 2.87. The number of rotatable bonds is 4. The quantitative estimate of drug-likeness (QED) is 0.860. The number of halogens is 1. The summed E-state index contributed by atoms with van der Waals surface area (Å²) >= 11 is 0. The second kappa shape index (κ2) is 5.95. The Kier molecular flexibility index (Phi) is 4.07. The van der Waals surface area contributed by atoms with Crippen molar-refractivity contribution in [1.82, 2.24) is 4.98 Å². The van der Waals surface area contributed by atoms with E-state index in [1.165, 1.54) is 18.2 Å². The van der Waals surface area contributed by atoms with Crippen LogP contribution in [0, 0.1) is 5.95 Å². The standard InChI is InChI=1S/C14H13FN2O2/c1-2-19-11-8-6-10(7-9-11)16-14(18)12-4-3-5-13(15)17-12/h3-9H,2H2,1H3,(H,16,18). The van der Waals surface area contributed by atoms with E-state index in [1.54, 1.807) is 24.3 Å². The second-order valence-electron chi connectivity index (χ2n) is 3.76. The van der Waals surface area contributed by atoms with E-state index in [9.17, 15) is 9.18 Å². The molecule has 1 aromatic heterocycles. The summed E-state index contributed by atoms with van der Waals surface area (Å²) < 4.78 is 18.2. The summed E-state index contributed by atoms with van der Waals surface area (Å²) in [6.45, 7) is 2.48. The number of ether oxygens (including phenoxy) is 1. The van der Waals surface area contributed by atoms with Crippen molar-refractivity contribution in [2.45, 2.75) is 6.92 Å². The lowest BCUT2D eigenvalue weighted by atomic mass is 10.3. The Bertz CT molecular complexity index is 570. The SMILES string of the molecule is CCOc1ccc(NC(=O)c2cccc(F)n2)cc1. The van der Waals surface area contributed by atoms with Crippen molar-refractivity contribution in [2.75, 3.05) is 11.9 Å². The Morgan fingerprint density at radius 1 is 1.26 bits per heavy atom. The third-order valence-corrected chi connectivity index (χ3v) is 2.37. The molecule has 0 spiro atoms. The molecule has 19 heavy (non-hydrogen) atoms. The molecule has 0 fully saturated rings. The first kappa shape index (κ1) is 13.0. The summed E-state index contributed by atoms with van der Waals surface area (Å²) in [7, 11) is 0. The van der Waals surface area contributed by atoms with E-state index >= 15 is 0 Å². The van der Waals surface area contributed by atoms with Crippen molar-refractivity contribution in [3.63, 3.8) is 0 Å². The molecular formula is C14H13FN2O2. The fourth-order valence-electron chi connectivity index (χ4n) is 1.53. The first-order chi connectivity index (χ1) is 9.19. The van der Waals surface area contributed by atoms with Gasteiger partial charge in [-0.3, -0.25) is 4.79 Å². The maximum absolute atomic E-state index is 12.9. The van der Waals surface area contributed by atoms with Crippen LogP contribution in [0.1, 0.15) is 17.4 Å². The van der Waals surface area contributed by atoms with Crippen LogP contribution in [0.2, 0.25) is 0 Å². The van der Waals surface area contributed by atoms with Crippen molar-refractivity contribution in [3.05, 3.63) is 54.1 Å². The van der Waals surface area contributed by atoms with Gasteiger partial charge in [0, 0.05) is 5.69 Å². The van der Waals surface area contributed by atoms with Gasteiger partial charge in [0.25, 0.3) is 5.91 Å². The summed E-state index contributed by atoms with van der Waals surface area (Å²) in [4.78, 5) is 15.3. The van der Waals surface area contributed by atoms with Gasteiger partial charge in [0.05, 0.1) is 6.61 Å². The number of nitrogens with zero attached hydrogens (tertiary/aromatic N) is 1. The molecule has 0 atom stereocenters. The van der Waals surface area contributed by atoms with E-state index in [1.807, 2.05) is 6.92 Å². The first-order valence-electron chi connectivity index (χ1n) is 5.86. The molecule has 5 heteroatoms. The van der Waals surface area contributed by atoms with Crippen molar-refractivity contribution in [3.8, 4) is 5.75 Å². The van der Waals surface area contributed by atoms with Crippen LogP contribution < -0.4 is 10.1 Å². The molecule has 1 N–H and O–H groups in total. The average molecular weight is 260 g/mol. The van der Waals surface area contributed by atoms with Crippen LogP contribution in [-0.2, 0) is 0 Å². The molecule has 4 nitrogen and oxygen atoms in total. The Hall–Kier alpha value is -2.43. The van der Waals surface area contributed by atoms with Gasteiger partial charge in [0.1, 0.15) is 11.4 Å². The molecule has 0 aliphatic rings. The monoisotopic (exact) mass is 260 g/mol. The average Bonchev–Trinajstić information content (AvgIpc) is 2.41. The van der Waals surface area contributed by atoms with Gasteiger partial charge in [-0.2, -0.15) is 4.39 Å². The normalized spacial score (nSPS) is 10.0. The number of hydrogen-bond acceptors (Lipinski definition) is 3. The minimum absolute atomic E-state index is 0.0360. The first-order valence-corrected chi connectivity index (χ1v) is 5.86. The molecule has 0 radical (unpaired) electrons. The zero-order valence-corrected chi connectivity index (χ0v) is 10.4. The van der Waals surface area contributed by atoms with Crippen LogP contribution in [0.4, 0.5) is 10.1 Å². The lowest BCUT2D eigenvalue weighted by Gasteiger charge is -2.06. The third-order valence-electron chi connectivity index (χ3n) is 2.37. The number of aromatic nitrogens is 1. The van der Waals surface area contributed by atoms with Crippen LogP contribution in [0.3, 0.4) is 0 Å². The van der Waals surface area contributed by atoms with E-state index in [0.717, 1.165) is 5.75 Å². The number of carbonyl (C=O) groups is 1. The molecule has 2 rings (SSSR count). The topological polar surface area (TPSA) is 51.2 Å². The number of amides is 1. The van der Waals surface area contributed by atoms with Gasteiger partial charge in [-0.25, -0.2) is 4.98 Å². The van der Waals surface area contributed by atoms with E-state index in [4.69, 9.17) is 4.74 Å². The smallest absolute Gasteiger partial charge is 0.274 e. The van der Waals surface area contributed by atoms with Gasteiger partial charge in [0.15, 0.2) is 0 Å². The van der Waals surface area contributed by atoms with E-state index < -0.39 is 11.9 Å². The summed E-state index contributed by atoms with van der Waals surface area (Å²) in [5, 5.41) is 2.63. The number of benzene rings is 1. The highest BCUT2D eigenvalue weighted by Gasteiger charge is 2.08. The number of hydrogen-bond donors (Lipinski definition) is 1. The highest BCUT2D eigenvalue weighted by molar-refractivity contribution is 6.02. The second-order valence-corrected chi connectivity index (χ2v) is 3.76. The van der Waals surface area contributed by atoms with Gasteiger partial charge >= 0.3 is 0 Å². The van der Waals surface area contributed by atoms with Gasteiger partial charge in [-0.1, -0.05) is 6.07 Å². The zero-order chi connectivity index (χ0) is 13.7. The highest BCUT2D eigenvalue weighted by atomic mass is 19.1. The minimum atomic E-state index is -0.681. The minimum Gasteiger partial charge on any atom is -0.494 e. The fraction of sp³-hybridized carbons (Fsp3) is 0.143. The molecule has 1 amide bonds. The molecule has 0 saturated heterocycles. The largest absolute Gasteiger partial charge is 0.494 e. The van der Waals surface area contributed by atoms with Gasteiger partial charge < -0.3 is 10.1 Å². The van der Waals surface area contributed by atoms with E-state index in [0.29, 0.717) is 12.3 Å². The van der Waals surface area contributed by atoms with Crippen molar-refractivity contribution in [1.29, 1.82) is 0 Å². The fourth-order valence-corrected chi connectivity index (χ4v) is 1.53. The molecular weight excluding hydrogens is 247 g/mol. The molecule has 2 aromatic rings. The summed E-state index contributed by atoms with van der Waals surface area (Å²) in [6.07, 6.45) is 0. The van der Waals surface area contributed by atoms with Crippen LogP contribution in [0.15, 0.2) is 42.5 Å². The molecule has 0 aliphatic heterocycles. The number of pyridine rings is 1. The van der Waals surface area contributed by atoms with Crippen molar-refractivity contribution in [2.24, 2.45) is 0 Å². The molecule has 0 saturated carbocycles. The number of nitrogens with one attached hydrogen (secondary N) is 1. The summed E-state index contributed by atoms with van der Waals surface area (Å²) in [6, 6.07) is 11.0. The summed E-state index contributed by atoms with van der Waals surface area (Å²) in [5.74, 6) is -0.410. The van der Waals surface area contributed by atoms with Crippen molar-refractivity contribution < 1.29 is 13.9 Å². The molecule has 1 aromatic carbocycles. The molecule has 98 valence electrons. The van der Waals surface area contributed by atoms with E-state index in [-0.39, 0.29) is 5.69 Å². The predicted molar refractivity (Wildman–Crippen MR) is 69.8 cm³/mol. The highest BCUT2D eigenvalue weighted by Crippen LogP contribution is 2.16. The molecule has 0 aliphatic carbocycles. The number of anilines is 1. The Labute approximate surface area is 110 Å². The lowest BCUT2D eigenvalue weighted by molar-refractivity contribution is 0.102. The van der Waals surface area contributed by atoms with E-state index in [2.05, 4.69) is 10.3 Å². The maximum Gasteiger partial charge on any atom is 0.274 e. The van der Waals surface area contributed by atoms with Gasteiger partial charge in [-0.15, -0.1) is 0 Å². The maximum atomic E-state index is 12.9. The molecule has 1 heterocycles. The van der Waals surface area contributed by atoms with Crippen LogP contribution in [0.5, 0.6) is 5.75 Å². The van der Waals surface area contributed by atoms with Crippen LogP contribution in [-0.4, -0.2) is 17.5 Å². The van der Waals surface area contributed by atoms with Crippen LogP contribution >= 0.6 is 0 Å². The zero-order valence-electron chi connectivity index (χ0n) is 10.4. The number of carbonyl (C=O) groups excluding carboxylic acids is 1. The van der Waals surface area contributed by atoms with Gasteiger partial charge in [0.2, 0.25) is 5.95 Å². The Morgan fingerprint density at radius 2 is 2.00 bits per heavy atom.